The molecular weight excluding hydrogens is 355 g/mol. The zero-order valence-electron chi connectivity index (χ0n) is 16.4. The quantitative estimate of drug-likeness (QED) is 0.795. The Morgan fingerprint density at radius 1 is 1.29 bits per heavy atom. The van der Waals surface area contributed by atoms with E-state index in [-0.39, 0.29) is 11.7 Å². The molecule has 0 radical (unpaired) electrons. The van der Waals surface area contributed by atoms with Gasteiger partial charge in [0.2, 0.25) is 0 Å². The zero-order valence-corrected chi connectivity index (χ0v) is 16.4. The Morgan fingerprint density at radius 3 is 2.82 bits per heavy atom. The Morgan fingerprint density at radius 2 is 2.11 bits per heavy atom. The van der Waals surface area contributed by atoms with Crippen LogP contribution in [0, 0.1) is 12.7 Å². The number of halogens is 1. The van der Waals surface area contributed by atoms with Crippen LogP contribution in [0.4, 0.5) is 21.5 Å². The van der Waals surface area contributed by atoms with E-state index in [1.165, 1.54) is 6.07 Å². The standard InChI is InChI=1S/C22H25FN4O/c1-14-5-4-6-19-21(14)17(22(28)25-19)12-24-15-7-8-20(18(23)11-15)27-10-9-16(13-27)26(2)3/h4-8,11-12,16,24H,9-10,13H2,1-3H3,(H,25,28). The summed E-state index contributed by atoms with van der Waals surface area (Å²) in [6.45, 7) is 3.66. The summed E-state index contributed by atoms with van der Waals surface area (Å²) in [6.07, 6.45) is 2.69. The number of amides is 1. The van der Waals surface area contributed by atoms with E-state index in [9.17, 15) is 9.18 Å². The van der Waals surface area contributed by atoms with Gasteiger partial charge in [0, 0.05) is 42.3 Å². The molecule has 2 aliphatic rings. The van der Waals surface area contributed by atoms with Gasteiger partial charge >= 0.3 is 0 Å². The van der Waals surface area contributed by atoms with Crippen LogP contribution in [0.1, 0.15) is 17.5 Å². The number of nitrogens with one attached hydrogen (secondary N) is 2. The average molecular weight is 380 g/mol. The Bertz CT molecular complexity index is 954. The van der Waals surface area contributed by atoms with Gasteiger partial charge in [-0.2, -0.15) is 0 Å². The van der Waals surface area contributed by atoms with Crippen molar-refractivity contribution in [2.24, 2.45) is 0 Å². The number of carbonyl (C=O) groups is 1. The third-order valence-corrected chi connectivity index (χ3v) is 5.60. The summed E-state index contributed by atoms with van der Waals surface area (Å²) in [5, 5.41) is 5.94. The minimum absolute atomic E-state index is 0.152. The highest BCUT2D eigenvalue weighted by atomic mass is 19.1. The fraction of sp³-hybridized carbons (Fsp3) is 0.318. The molecule has 1 saturated heterocycles. The largest absolute Gasteiger partial charge is 0.368 e. The molecule has 2 N–H and O–H groups in total. The highest BCUT2D eigenvalue weighted by molar-refractivity contribution is 6.32. The first-order valence-electron chi connectivity index (χ1n) is 9.53. The van der Waals surface area contributed by atoms with Gasteiger partial charge in [0.15, 0.2) is 0 Å². The number of hydrogen-bond donors (Lipinski definition) is 2. The van der Waals surface area contributed by atoms with Gasteiger partial charge in [-0.05, 0) is 57.3 Å². The first kappa shape index (κ1) is 18.5. The van der Waals surface area contributed by atoms with E-state index in [1.807, 2.05) is 37.3 Å². The van der Waals surface area contributed by atoms with E-state index in [0.717, 1.165) is 36.3 Å². The van der Waals surface area contributed by atoms with Crippen molar-refractivity contribution in [1.82, 2.24) is 4.90 Å². The van der Waals surface area contributed by atoms with Crippen LogP contribution in [-0.4, -0.2) is 44.0 Å². The van der Waals surface area contributed by atoms with Crippen molar-refractivity contribution in [1.29, 1.82) is 0 Å². The average Bonchev–Trinajstić information content (AvgIpc) is 3.25. The number of hydrogen-bond acceptors (Lipinski definition) is 4. The molecule has 1 amide bonds. The normalized spacial score (nSPS) is 20.0. The summed E-state index contributed by atoms with van der Waals surface area (Å²) in [5.74, 6) is -0.407. The van der Waals surface area contributed by atoms with E-state index in [2.05, 4.69) is 34.5 Å². The maximum atomic E-state index is 14.7. The van der Waals surface area contributed by atoms with Crippen molar-refractivity contribution in [3.05, 3.63) is 59.5 Å². The van der Waals surface area contributed by atoms with Crippen LogP contribution < -0.4 is 15.5 Å². The molecule has 146 valence electrons. The summed E-state index contributed by atoms with van der Waals surface area (Å²) in [4.78, 5) is 16.6. The number of carbonyl (C=O) groups excluding carboxylic acids is 1. The van der Waals surface area contributed by atoms with Crippen LogP contribution in [0.25, 0.3) is 5.57 Å². The van der Waals surface area contributed by atoms with Crippen LogP contribution in [0.2, 0.25) is 0 Å². The van der Waals surface area contributed by atoms with Crippen molar-refractivity contribution >= 4 is 28.5 Å². The maximum absolute atomic E-state index is 14.7. The van der Waals surface area contributed by atoms with Crippen LogP contribution in [0.5, 0.6) is 0 Å². The van der Waals surface area contributed by atoms with E-state index in [4.69, 9.17) is 0 Å². The number of aryl methyl sites for hydroxylation is 1. The van der Waals surface area contributed by atoms with Crippen LogP contribution in [0.15, 0.2) is 42.6 Å². The Hall–Kier alpha value is -2.86. The molecule has 1 fully saturated rings. The molecule has 2 aliphatic heterocycles. The molecule has 2 aromatic carbocycles. The minimum Gasteiger partial charge on any atom is -0.368 e. The van der Waals surface area contributed by atoms with Gasteiger partial charge in [-0.25, -0.2) is 4.39 Å². The molecule has 0 spiro atoms. The summed E-state index contributed by atoms with van der Waals surface area (Å²) in [6, 6.07) is 11.4. The highest BCUT2D eigenvalue weighted by Gasteiger charge is 2.27. The lowest BCUT2D eigenvalue weighted by Gasteiger charge is -2.22. The van der Waals surface area contributed by atoms with Gasteiger partial charge in [-0.1, -0.05) is 12.1 Å². The molecule has 0 saturated carbocycles. The minimum atomic E-state index is -0.254. The van der Waals surface area contributed by atoms with Gasteiger partial charge in [0.05, 0.1) is 11.3 Å². The van der Waals surface area contributed by atoms with E-state index >= 15 is 0 Å². The molecule has 1 atom stereocenters. The lowest BCUT2D eigenvalue weighted by atomic mass is 10.0. The second-order valence-electron chi connectivity index (χ2n) is 7.67. The van der Waals surface area contributed by atoms with Crippen molar-refractivity contribution in [2.75, 3.05) is 42.7 Å². The Kier molecular flexibility index (Phi) is 4.81. The molecule has 0 aliphatic carbocycles. The van der Waals surface area contributed by atoms with Crippen LogP contribution in [-0.2, 0) is 4.79 Å². The Labute approximate surface area is 164 Å². The third kappa shape index (κ3) is 3.36. The fourth-order valence-corrected chi connectivity index (χ4v) is 3.96. The zero-order chi connectivity index (χ0) is 19.8. The summed E-state index contributed by atoms with van der Waals surface area (Å²) >= 11 is 0. The van der Waals surface area contributed by atoms with Crippen LogP contribution >= 0.6 is 0 Å². The fourth-order valence-electron chi connectivity index (χ4n) is 3.96. The first-order chi connectivity index (χ1) is 13.4. The van der Waals surface area contributed by atoms with Crippen molar-refractivity contribution in [2.45, 2.75) is 19.4 Å². The van der Waals surface area contributed by atoms with Gasteiger partial charge in [-0.3, -0.25) is 4.79 Å². The predicted molar refractivity (Wildman–Crippen MR) is 112 cm³/mol. The highest BCUT2D eigenvalue weighted by Crippen LogP contribution is 2.34. The molecule has 4 rings (SSSR count). The van der Waals surface area contributed by atoms with Gasteiger partial charge in [-0.15, -0.1) is 0 Å². The predicted octanol–water partition coefficient (Wildman–Crippen LogP) is 3.68. The third-order valence-electron chi connectivity index (χ3n) is 5.60. The smallest absolute Gasteiger partial charge is 0.257 e. The van der Waals surface area contributed by atoms with Gasteiger partial charge in [0.25, 0.3) is 5.91 Å². The molecule has 0 bridgehead atoms. The first-order valence-corrected chi connectivity index (χ1v) is 9.53. The van der Waals surface area contributed by atoms with E-state index < -0.39 is 0 Å². The van der Waals surface area contributed by atoms with Crippen molar-refractivity contribution < 1.29 is 9.18 Å². The summed E-state index contributed by atoms with van der Waals surface area (Å²) < 4.78 is 14.7. The maximum Gasteiger partial charge on any atom is 0.257 e. The molecular formula is C22H25FN4O. The van der Waals surface area contributed by atoms with E-state index in [0.29, 0.717) is 23.0 Å². The molecule has 2 heterocycles. The SMILES string of the molecule is Cc1cccc2c1C(=CNc1ccc(N3CCC(N(C)C)C3)c(F)c1)C(=O)N2. The molecule has 1 unspecified atom stereocenters. The number of fused-ring (bicyclic) bond motifs is 1. The Balaban J connectivity index is 1.52. The molecule has 5 nitrogen and oxygen atoms in total. The monoisotopic (exact) mass is 380 g/mol. The number of likely N-dealkylation sites (N-methyl/N-ethyl adjacent to an activating group) is 1. The van der Waals surface area contributed by atoms with Gasteiger partial charge < -0.3 is 20.4 Å². The number of anilines is 3. The van der Waals surface area contributed by atoms with Crippen molar-refractivity contribution in [3.63, 3.8) is 0 Å². The lowest BCUT2D eigenvalue weighted by Crippen LogP contribution is -2.31. The lowest BCUT2D eigenvalue weighted by molar-refractivity contribution is -0.110. The topological polar surface area (TPSA) is 47.6 Å². The summed E-state index contributed by atoms with van der Waals surface area (Å²) in [5.41, 5.74) is 4.53. The number of rotatable bonds is 4. The second-order valence-corrected chi connectivity index (χ2v) is 7.67. The number of benzene rings is 2. The number of nitrogens with zero attached hydrogens (tertiary/aromatic N) is 2. The van der Waals surface area contributed by atoms with Crippen LogP contribution in [0.3, 0.4) is 0 Å². The second kappa shape index (κ2) is 7.28. The summed E-state index contributed by atoms with van der Waals surface area (Å²) in [7, 11) is 4.12. The van der Waals surface area contributed by atoms with Crippen molar-refractivity contribution in [3.8, 4) is 0 Å². The molecule has 28 heavy (non-hydrogen) atoms. The molecule has 6 heteroatoms. The van der Waals surface area contributed by atoms with Gasteiger partial charge in [0.1, 0.15) is 5.82 Å². The molecule has 0 aromatic heterocycles. The molecule has 2 aromatic rings. The van der Waals surface area contributed by atoms with E-state index in [1.54, 1.807) is 6.20 Å².